The van der Waals surface area contributed by atoms with Crippen LogP contribution in [0.4, 0.5) is 0 Å². The first-order valence-corrected chi connectivity index (χ1v) is 6.59. The lowest BCUT2D eigenvalue weighted by Crippen LogP contribution is -2.09. The average molecular weight is 264 g/mol. The largest absolute Gasteiger partial charge is 0.478 e. The monoisotopic (exact) mass is 264 g/mol. The van der Waals surface area contributed by atoms with Crippen molar-refractivity contribution in [2.75, 3.05) is 0 Å². The quantitative estimate of drug-likeness (QED) is 0.465. The fourth-order valence-electron chi connectivity index (χ4n) is 1.96. The van der Waals surface area contributed by atoms with E-state index in [4.69, 9.17) is 9.84 Å². The van der Waals surface area contributed by atoms with Gasteiger partial charge in [-0.25, -0.2) is 4.79 Å². The van der Waals surface area contributed by atoms with Gasteiger partial charge in [-0.2, -0.15) is 0 Å². The summed E-state index contributed by atoms with van der Waals surface area (Å²) >= 11 is 0. The smallest absolute Gasteiger partial charge is 0.339 e. The Morgan fingerprint density at radius 3 is 2.53 bits per heavy atom. The third-order valence-corrected chi connectivity index (χ3v) is 2.87. The Balaban J connectivity index is 2.91. The Bertz CT molecular complexity index is 451. The van der Waals surface area contributed by atoms with Crippen LogP contribution >= 0.6 is 0 Å². The number of rotatable bonds is 7. The van der Waals surface area contributed by atoms with Crippen LogP contribution in [-0.4, -0.2) is 17.0 Å². The summed E-state index contributed by atoms with van der Waals surface area (Å²) in [7, 11) is 0. The van der Waals surface area contributed by atoms with E-state index < -0.39 is 11.9 Å². The number of carbonyl (C=O) groups excluding carboxylic acids is 1. The topological polar surface area (TPSA) is 63.6 Å². The van der Waals surface area contributed by atoms with Crippen molar-refractivity contribution in [3.05, 3.63) is 29.3 Å². The molecule has 1 aromatic rings. The number of carboxylic acids is 1. The molecule has 1 rings (SSSR count). The van der Waals surface area contributed by atoms with E-state index in [1.165, 1.54) is 13.0 Å². The molecule has 0 fully saturated rings. The minimum Gasteiger partial charge on any atom is -0.478 e. The van der Waals surface area contributed by atoms with Crippen LogP contribution in [0.3, 0.4) is 0 Å². The third-order valence-electron chi connectivity index (χ3n) is 2.87. The van der Waals surface area contributed by atoms with Crippen LogP contribution in [0.25, 0.3) is 0 Å². The number of aryl methyl sites for hydroxylation is 1. The second kappa shape index (κ2) is 7.56. The van der Waals surface area contributed by atoms with E-state index in [9.17, 15) is 9.59 Å². The molecule has 0 bridgehead atoms. The Morgan fingerprint density at radius 2 is 1.95 bits per heavy atom. The molecular formula is C15H20O4. The van der Waals surface area contributed by atoms with E-state index in [1.54, 1.807) is 6.07 Å². The standard InChI is InChI=1S/C15H20O4/c1-3-4-5-6-8-12-9-7-10-13(15(17)18)14(12)19-11(2)16/h7,9-10H,3-6,8H2,1-2H3,(H,17,18). The minimum atomic E-state index is -1.08. The molecule has 104 valence electrons. The van der Waals surface area contributed by atoms with Crippen molar-refractivity contribution < 1.29 is 19.4 Å². The van der Waals surface area contributed by atoms with Gasteiger partial charge in [-0.3, -0.25) is 4.79 Å². The molecule has 0 amide bonds. The van der Waals surface area contributed by atoms with E-state index in [2.05, 4.69) is 6.92 Å². The summed E-state index contributed by atoms with van der Waals surface area (Å²) in [6.07, 6.45) is 5.08. The number of esters is 1. The van der Waals surface area contributed by atoms with Crippen LogP contribution in [0, 0.1) is 0 Å². The molecule has 0 saturated heterocycles. The molecule has 0 unspecified atom stereocenters. The van der Waals surface area contributed by atoms with E-state index in [0.29, 0.717) is 0 Å². The van der Waals surface area contributed by atoms with Crippen LogP contribution in [0.15, 0.2) is 18.2 Å². The fraction of sp³-hybridized carbons (Fsp3) is 0.467. The van der Waals surface area contributed by atoms with Gasteiger partial charge in [0.1, 0.15) is 11.3 Å². The van der Waals surface area contributed by atoms with Gasteiger partial charge in [-0.1, -0.05) is 38.3 Å². The highest BCUT2D eigenvalue weighted by atomic mass is 16.5. The molecule has 0 aromatic heterocycles. The van der Waals surface area contributed by atoms with Crippen molar-refractivity contribution >= 4 is 11.9 Å². The van der Waals surface area contributed by atoms with Crippen molar-refractivity contribution in [2.24, 2.45) is 0 Å². The lowest BCUT2D eigenvalue weighted by atomic mass is 10.0. The maximum atomic E-state index is 11.1. The Morgan fingerprint density at radius 1 is 1.21 bits per heavy atom. The average Bonchev–Trinajstić information content (AvgIpc) is 2.35. The van der Waals surface area contributed by atoms with Crippen molar-refractivity contribution in [3.63, 3.8) is 0 Å². The fourth-order valence-corrected chi connectivity index (χ4v) is 1.96. The van der Waals surface area contributed by atoms with Crippen molar-refractivity contribution in [2.45, 2.75) is 46.0 Å². The summed E-state index contributed by atoms with van der Waals surface area (Å²) < 4.78 is 5.08. The molecule has 0 aliphatic heterocycles. The molecule has 0 aliphatic carbocycles. The lowest BCUT2D eigenvalue weighted by molar-refractivity contribution is -0.131. The number of ether oxygens (including phenoxy) is 1. The number of carbonyl (C=O) groups is 2. The van der Waals surface area contributed by atoms with Crippen LogP contribution < -0.4 is 4.74 Å². The first-order chi connectivity index (χ1) is 9.06. The molecular weight excluding hydrogens is 244 g/mol. The first-order valence-electron chi connectivity index (χ1n) is 6.59. The van der Waals surface area contributed by atoms with Gasteiger partial charge < -0.3 is 9.84 Å². The molecule has 0 radical (unpaired) electrons. The molecule has 1 N–H and O–H groups in total. The Hall–Kier alpha value is -1.84. The second-order valence-corrected chi connectivity index (χ2v) is 4.50. The van der Waals surface area contributed by atoms with Gasteiger partial charge in [0.05, 0.1) is 0 Å². The van der Waals surface area contributed by atoms with Gasteiger partial charge in [0.25, 0.3) is 0 Å². The molecule has 1 aromatic carbocycles. The number of hydrogen-bond donors (Lipinski definition) is 1. The molecule has 0 heterocycles. The normalized spacial score (nSPS) is 10.2. The lowest BCUT2D eigenvalue weighted by Gasteiger charge is -2.11. The molecule has 0 saturated carbocycles. The molecule has 4 nitrogen and oxygen atoms in total. The molecule has 19 heavy (non-hydrogen) atoms. The predicted octanol–water partition coefficient (Wildman–Crippen LogP) is 3.43. The molecule has 0 spiro atoms. The summed E-state index contributed by atoms with van der Waals surface area (Å²) in [6, 6.07) is 4.96. The summed E-state index contributed by atoms with van der Waals surface area (Å²) in [6.45, 7) is 3.41. The minimum absolute atomic E-state index is 0.0446. The molecule has 4 heteroatoms. The van der Waals surface area contributed by atoms with Gasteiger partial charge >= 0.3 is 11.9 Å². The van der Waals surface area contributed by atoms with E-state index >= 15 is 0 Å². The highest BCUT2D eigenvalue weighted by molar-refractivity contribution is 5.92. The number of hydrogen-bond acceptors (Lipinski definition) is 3. The van der Waals surface area contributed by atoms with Crippen LogP contribution in [0.5, 0.6) is 5.75 Å². The van der Waals surface area contributed by atoms with Crippen LogP contribution in [0.1, 0.15) is 55.5 Å². The predicted molar refractivity (Wildman–Crippen MR) is 72.6 cm³/mol. The van der Waals surface area contributed by atoms with Crippen molar-refractivity contribution in [3.8, 4) is 5.75 Å². The number of para-hydroxylation sites is 1. The summed E-state index contributed by atoms with van der Waals surface area (Å²) in [5.74, 6) is -1.38. The highest BCUT2D eigenvalue weighted by Gasteiger charge is 2.16. The first kappa shape index (κ1) is 15.2. The van der Waals surface area contributed by atoms with Crippen LogP contribution in [-0.2, 0) is 11.2 Å². The number of aromatic carboxylic acids is 1. The Labute approximate surface area is 113 Å². The maximum absolute atomic E-state index is 11.1. The van der Waals surface area contributed by atoms with Crippen molar-refractivity contribution in [1.82, 2.24) is 0 Å². The van der Waals surface area contributed by atoms with Crippen molar-refractivity contribution in [1.29, 1.82) is 0 Å². The Kier molecular flexibility index (Phi) is 6.06. The van der Waals surface area contributed by atoms with E-state index in [-0.39, 0.29) is 11.3 Å². The summed E-state index contributed by atoms with van der Waals surface area (Å²) in [5, 5.41) is 9.12. The van der Waals surface area contributed by atoms with Gasteiger partial charge in [0.15, 0.2) is 0 Å². The summed E-state index contributed by atoms with van der Waals surface area (Å²) in [5.41, 5.74) is 0.828. The number of unbranched alkanes of at least 4 members (excludes halogenated alkanes) is 3. The molecule has 0 aliphatic rings. The zero-order valence-corrected chi connectivity index (χ0v) is 11.4. The highest BCUT2D eigenvalue weighted by Crippen LogP contribution is 2.26. The number of benzene rings is 1. The van der Waals surface area contributed by atoms with E-state index in [0.717, 1.165) is 37.7 Å². The van der Waals surface area contributed by atoms with Gasteiger partial charge in [-0.15, -0.1) is 0 Å². The third kappa shape index (κ3) is 4.73. The summed E-state index contributed by atoms with van der Waals surface area (Å²) in [4.78, 5) is 22.2. The zero-order valence-electron chi connectivity index (χ0n) is 11.4. The number of carboxylic acid groups (broad SMARTS) is 1. The van der Waals surface area contributed by atoms with Gasteiger partial charge in [-0.05, 0) is 24.5 Å². The zero-order chi connectivity index (χ0) is 14.3. The SMILES string of the molecule is CCCCCCc1cccc(C(=O)O)c1OC(C)=O. The van der Waals surface area contributed by atoms with Crippen LogP contribution in [0.2, 0.25) is 0 Å². The maximum Gasteiger partial charge on any atom is 0.339 e. The van der Waals surface area contributed by atoms with E-state index in [1.807, 2.05) is 6.07 Å². The van der Waals surface area contributed by atoms with Gasteiger partial charge in [0, 0.05) is 6.92 Å². The molecule has 0 atom stereocenters. The van der Waals surface area contributed by atoms with Gasteiger partial charge in [0.2, 0.25) is 0 Å². The second-order valence-electron chi connectivity index (χ2n) is 4.50.